The number of piperidine rings is 1. The number of rotatable bonds is 4. The second kappa shape index (κ2) is 7.78. The Bertz CT molecular complexity index is 861. The molecule has 2 aromatic rings. The van der Waals surface area contributed by atoms with Crippen molar-refractivity contribution in [3.8, 4) is 5.88 Å². The normalized spacial score (nSPS) is 17.0. The third kappa shape index (κ3) is 3.68. The lowest BCUT2D eigenvalue weighted by Gasteiger charge is -2.32. The van der Waals surface area contributed by atoms with Crippen molar-refractivity contribution >= 4 is 11.7 Å². The molecule has 0 saturated carbocycles. The van der Waals surface area contributed by atoms with Crippen LogP contribution >= 0.6 is 0 Å². The smallest absolute Gasteiger partial charge is 0.259 e. The average molecular weight is 383 g/mol. The molecule has 6 heteroatoms. The minimum atomic E-state index is -0.202. The van der Waals surface area contributed by atoms with Crippen LogP contribution in [0.3, 0.4) is 0 Å². The number of nitrogens with zero attached hydrogens (tertiary/aromatic N) is 3. The number of hydrogen-bond acceptors (Lipinski definition) is 4. The van der Waals surface area contributed by atoms with Crippen LogP contribution in [0.2, 0.25) is 0 Å². The maximum atomic E-state index is 13.1. The van der Waals surface area contributed by atoms with Crippen molar-refractivity contribution in [2.24, 2.45) is 5.92 Å². The van der Waals surface area contributed by atoms with Crippen LogP contribution in [0.4, 0.5) is 10.2 Å². The summed E-state index contributed by atoms with van der Waals surface area (Å²) in [6, 6.07) is 8.69. The minimum absolute atomic E-state index is 0.00179. The maximum absolute atomic E-state index is 13.1. The number of amides is 1. The van der Waals surface area contributed by atoms with Gasteiger partial charge in [-0.1, -0.05) is 12.1 Å². The predicted molar refractivity (Wildman–Crippen MR) is 106 cm³/mol. The number of fused-ring (bicyclic) bond motifs is 1. The minimum Gasteiger partial charge on any atom is -0.480 e. The molecule has 4 rings (SSSR count). The molecule has 28 heavy (non-hydrogen) atoms. The Morgan fingerprint density at radius 3 is 2.61 bits per heavy atom. The van der Waals surface area contributed by atoms with Gasteiger partial charge in [0.05, 0.1) is 7.11 Å². The number of pyridine rings is 1. The number of halogens is 1. The molecular formula is C22H26FN3O2. The predicted octanol–water partition coefficient (Wildman–Crippen LogP) is 3.32. The fourth-order valence-corrected chi connectivity index (χ4v) is 4.21. The van der Waals surface area contributed by atoms with Crippen molar-refractivity contribution in [3.63, 3.8) is 0 Å². The van der Waals surface area contributed by atoms with E-state index in [4.69, 9.17) is 4.74 Å². The highest BCUT2D eigenvalue weighted by atomic mass is 19.1. The zero-order valence-electron chi connectivity index (χ0n) is 16.4. The van der Waals surface area contributed by atoms with E-state index in [1.807, 2.05) is 30.1 Å². The number of carbonyl (C=O) groups excluding carboxylic acids is 1. The topological polar surface area (TPSA) is 45.7 Å². The first-order valence-corrected chi connectivity index (χ1v) is 9.88. The van der Waals surface area contributed by atoms with Gasteiger partial charge >= 0.3 is 0 Å². The van der Waals surface area contributed by atoms with Crippen molar-refractivity contribution < 1.29 is 13.9 Å². The van der Waals surface area contributed by atoms with Crippen LogP contribution in [0, 0.1) is 11.7 Å². The summed E-state index contributed by atoms with van der Waals surface area (Å²) in [7, 11) is 3.57. The van der Waals surface area contributed by atoms with Crippen LogP contribution in [0.25, 0.3) is 0 Å². The first-order chi connectivity index (χ1) is 13.5. The number of methoxy groups -OCH3 is 1. The first-order valence-electron chi connectivity index (χ1n) is 9.88. The van der Waals surface area contributed by atoms with Gasteiger partial charge in [-0.3, -0.25) is 4.79 Å². The largest absolute Gasteiger partial charge is 0.480 e. The first kappa shape index (κ1) is 18.7. The second-order valence-electron chi connectivity index (χ2n) is 7.77. The van der Waals surface area contributed by atoms with E-state index in [1.165, 1.54) is 12.1 Å². The molecule has 0 bridgehead atoms. The Morgan fingerprint density at radius 2 is 1.93 bits per heavy atom. The lowest BCUT2D eigenvalue weighted by molar-refractivity contribution is 0.0686. The average Bonchev–Trinajstić information content (AvgIpc) is 3.08. The standard InChI is InChI=1S/C22H26FN3O2/c1-25-10-9-17-14-19(21(28-2)24-20(17)25)22(27)26-11-7-16(8-12-26)13-15-3-5-18(23)6-4-15/h3-6,14,16H,7-13H2,1-2H3. The molecule has 0 unspecified atom stereocenters. The van der Waals surface area contributed by atoms with Crippen LogP contribution in [0.5, 0.6) is 5.88 Å². The summed E-state index contributed by atoms with van der Waals surface area (Å²) in [6.07, 6.45) is 3.74. The highest BCUT2D eigenvalue weighted by Crippen LogP contribution is 2.31. The van der Waals surface area contributed by atoms with Gasteiger partial charge in [-0.05, 0) is 60.9 Å². The number of likely N-dealkylation sites (tertiary alicyclic amines) is 1. The molecule has 0 N–H and O–H groups in total. The fourth-order valence-electron chi connectivity index (χ4n) is 4.21. The lowest BCUT2D eigenvalue weighted by atomic mass is 9.90. The van der Waals surface area contributed by atoms with Gasteiger partial charge in [0.15, 0.2) is 0 Å². The Labute approximate surface area is 165 Å². The maximum Gasteiger partial charge on any atom is 0.259 e. The Kier molecular flexibility index (Phi) is 5.20. The summed E-state index contributed by atoms with van der Waals surface area (Å²) < 4.78 is 18.5. The summed E-state index contributed by atoms with van der Waals surface area (Å²) in [4.78, 5) is 21.7. The molecular weight excluding hydrogens is 357 g/mol. The van der Waals surface area contributed by atoms with Crippen LogP contribution in [-0.4, -0.2) is 49.6 Å². The number of carbonyl (C=O) groups is 1. The molecule has 1 amide bonds. The van der Waals surface area contributed by atoms with E-state index in [2.05, 4.69) is 9.88 Å². The van der Waals surface area contributed by atoms with Gasteiger partial charge in [-0.25, -0.2) is 4.39 Å². The molecule has 148 valence electrons. The number of benzene rings is 1. The van der Waals surface area contributed by atoms with Crippen molar-refractivity contribution in [2.75, 3.05) is 38.7 Å². The van der Waals surface area contributed by atoms with Gasteiger partial charge in [0, 0.05) is 26.7 Å². The summed E-state index contributed by atoms with van der Waals surface area (Å²) in [5.41, 5.74) is 2.83. The van der Waals surface area contributed by atoms with Gasteiger partial charge in [0.25, 0.3) is 5.91 Å². The fraction of sp³-hybridized carbons (Fsp3) is 0.455. The molecule has 1 aromatic carbocycles. The molecule has 0 spiro atoms. The molecule has 0 radical (unpaired) electrons. The zero-order chi connectivity index (χ0) is 19.7. The molecule has 0 aliphatic carbocycles. The van der Waals surface area contributed by atoms with Gasteiger partial charge in [0.2, 0.25) is 5.88 Å². The van der Waals surface area contributed by atoms with E-state index >= 15 is 0 Å². The molecule has 2 aliphatic heterocycles. The van der Waals surface area contributed by atoms with Crippen LogP contribution in [0.15, 0.2) is 30.3 Å². The number of likely N-dealkylation sites (N-methyl/N-ethyl adjacent to an activating group) is 1. The number of anilines is 1. The van der Waals surface area contributed by atoms with E-state index in [1.54, 1.807) is 7.11 Å². The summed E-state index contributed by atoms with van der Waals surface area (Å²) in [6.45, 7) is 2.37. The SMILES string of the molecule is COc1nc2c(cc1C(=O)N1CCC(Cc3ccc(F)cc3)CC1)CCN2C. The molecule has 1 saturated heterocycles. The molecule has 1 aromatic heterocycles. The highest BCUT2D eigenvalue weighted by molar-refractivity contribution is 5.97. The van der Waals surface area contributed by atoms with E-state index in [0.29, 0.717) is 17.4 Å². The van der Waals surface area contributed by atoms with Crippen LogP contribution in [-0.2, 0) is 12.8 Å². The zero-order valence-corrected chi connectivity index (χ0v) is 16.4. The highest BCUT2D eigenvalue weighted by Gasteiger charge is 2.29. The van der Waals surface area contributed by atoms with Crippen molar-refractivity contribution in [1.82, 2.24) is 9.88 Å². The van der Waals surface area contributed by atoms with Gasteiger partial charge in [0.1, 0.15) is 17.2 Å². The monoisotopic (exact) mass is 383 g/mol. The van der Waals surface area contributed by atoms with Gasteiger partial charge in [-0.2, -0.15) is 4.98 Å². The molecule has 5 nitrogen and oxygen atoms in total. The van der Waals surface area contributed by atoms with E-state index in [9.17, 15) is 9.18 Å². The molecule has 3 heterocycles. The van der Waals surface area contributed by atoms with Crippen molar-refractivity contribution in [1.29, 1.82) is 0 Å². The molecule has 0 atom stereocenters. The second-order valence-corrected chi connectivity index (χ2v) is 7.77. The van der Waals surface area contributed by atoms with E-state index in [-0.39, 0.29) is 11.7 Å². The van der Waals surface area contributed by atoms with Crippen molar-refractivity contribution in [3.05, 3.63) is 52.8 Å². The van der Waals surface area contributed by atoms with Crippen LogP contribution < -0.4 is 9.64 Å². The van der Waals surface area contributed by atoms with Gasteiger partial charge < -0.3 is 14.5 Å². The number of ether oxygens (including phenoxy) is 1. The Hall–Kier alpha value is -2.63. The molecule has 2 aliphatic rings. The van der Waals surface area contributed by atoms with E-state index in [0.717, 1.165) is 62.3 Å². The molecule has 1 fully saturated rings. The third-order valence-corrected chi connectivity index (χ3v) is 5.88. The number of hydrogen-bond donors (Lipinski definition) is 0. The van der Waals surface area contributed by atoms with Crippen molar-refractivity contribution in [2.45, 2.75) is 25.7 Å². The summed E-state index contributed by atoms with van der Waals surface area (Å²) >= 11 is 0. The third-order valence-electron chi connectivity index (χ3n) is 5.88. The number of aromatic nitrogens is 1. The lowest BCUT2D eigenvalue weighted by Crippen LogP contribution is -2.39. The van der Waals surface area contributed by atoms with Crippen LogP contribution in [0.1, 0.15) is 34.3 Å². The summed E-state index contributed by atoms with van der Waals surface area (Å²) in [5, 5.41) is 0. The van der Waals surface area contributed by atoms with E-state index < -0.39 is 0 Å². The Balaban J connectivity index is 1.42. The Morgan fingerprint density at radius 1 is 1.21 bits per heavy atom. The quantitative estimate of drug-likeness (QED) is 0.813. The van der Waals surface area contributed by atoms with Gasteiger partial charge in [-0.15, -0.1) is 0 Å². The summed E-state index contributed by atoms with van der Waals surface area (Å²) in [5.74, 6) is 1.63.